The van der Waals surface area contributed by atoms with Crippen molar-refractivity contribution in [2.45, 2.75) is 33.9 Å². The van der Waals surface area contributed by atoms with E-state index in [0.717, 1.165) is 11.2 Å². The van der Waals surface area contributed by atoms with Gasteiger partial charge < -0.3 is 10.6 Å². The van der Waals surface area contributed by atoms with Crippen molar-refractivity contribution < 1.29 is 0 Å². The number of hydrogen-bond acceptors (Lipinski definition) is 3. The molecule has 0 bridgehead atoms. The van der Waals surface area contributed by atoms with Gasteiger partial charge in [0.05, 0.1) is 23.1 Å². The number of nitrogens with one attached hydrogen (secondary N) is 2. The van der Waals surface area contributed by atoms with Crippen molar-refractivity contribution in [3.63, 3.8) is 0 Å². The van der Waals surface area contributed by atoms with Gasteiger partial charge in [-0.05, 0) is 38.1 Å². The Morgan fingerprint density at radius 2 is 1.82 bits per heavy atom. The summed E-state index contributed by atoms with van der Waals surface area (Å²) >= 11 is 0. The van der Waals surface area contributed by atoms with Gasteiger partial charge in [0.25, 0.3) is 0 Å². The van der Waals surface area contributed by atoms with Gasteiger partial charge >= 0.3 is 0 Å². The lowest BCUT2D eigenvalue weighted by Crippen LogP contribution is -2.16. The van der Waals surface area contributed by atoms with Gasteiger partial charge in [0.2, 0.25) is 0 Å². The number of fused-ring (bicyclic) bond motifs is 3. The van der Waals surface area contributed by atoms with Crippen molar-refractivity contribution in [1.82, 2.24) is 4.98 Å². The molecule has 3 nitrogen and oxygen atoms in total. The van der Waals surface area contributed by atoms with E-state index in [2.05, 4.69) is 40.7 Å². The van der Waals surface area contributed by atoms with Gasteiger partial charge in [0.15, 0.2) is 0 Å². The van der Waals surface area contributed by atoms with Crippen molar-refractivity contribution >= 4 is 22.3 Å². The Kier molecular flexibility index (Phi) is 3.18. The summed E-state index contributed by atoms with van der Waals surface area (Å²) < 4.78 is 0. The first kappa shape index (κ1) is 11.7. The van der Waals surface area contributed by atoms with Crippen LogP contribution in [-0.4, -0.2) is 11.1 Å². The topological polar surface area (TPSA) is 37.0 Å². The highest BCUT2D eigenvalue weighted by molar-refractivity contribution is 6.00. The van der Waals surface area contributed by atoms with E-state index in [1.54, 1.807) is 0 Å². The van der Waals surface area contributed by atoms with E-state index < -0.39 is 0 Å². The van der Waals surface area contributed by atoms with Gasteiger partial charge in [-0.25, -0.2) is 0 Å². The summed E-state index contributed by atoms with van der Waals surface area (Å²) in [6.07, 6.45) is 0.298. The predicted octanol–water partition coefficient (Wildman–Crippen LogP) is 3.75. The zero-order chi connectivity index (χ0) is 12.4. The Balaban J connectivity index is 0.000000514. The van der Waals surface area contributed by atoms with Crippen LogP contribution in [0.3, 0.4) is 0 Å². The molecule has 0 saturated heterocycles. The molecule has 1 unspecified atom stereocenters. The molecule has 3 rings (SSSR count). The first-order chi connectivity index (χ1) is 8.24. The molecule has 0 fully saturated rings. The van der Waals surface area contributed by atoms with Gasteiger partial charge in [0, 0.05) is 11.1 Å². The van der Waals surface area contributed by atoms with Gasteiger partial charge in [-0.3, -0.25) is 4.98 Å². The molecule has 1 aromatic carbocycles. The summed E-state index contributed by atoms with van der Waals surface area (Å²) in [5.74, 6) is 0. The fourth-order valence-electron chi connectivity index (χ4n) is 2.07. The Morgan fingerprint density at radius 3 is 2.59 bits per heavy atom. The van der Waals surface area contributed by atoms with Crippen LogP contribution in [0.15, 0.2) is 24.3 Å². The van der Waals surface area contributed by atoms with Crippen LogP contribution >= 0.6 is 0 Å². The predicted molar refractivity (Wildman–Crippen MR) is 74.5 cm³/mol. The molecule has 2 heterocycles. The zero-order valence-corrected chi connectivity index (χ0v) is 10.8. The zero-order valence-electron chi connectivity index (χ0n) is 10.8. The van der Waals surface area contributed by atoms with Gasteiger partial charge in [-0.15, -0.1) is 0 Å². The fourth-order valence-corrected chi connectivity index (χ4v) is 2.07. The van der Waals surface area contributed by atoms with Crippen LogP contribution < -0.4 is 10.6 Å². The Labute approximate surface area is 102 Å². The van der Waals surface area contributed by atoms with Crippen molar-refractivity contribution in [3.05, 3.63) is 30.0 Å². The lowest BCUT2D eigenvalue weighted by molar-refractivity contribution is 0.956. The minimum Gasteiger partial charge on any atom is -0.364 e. The number of anilines is 2. The number of nitrogens with zero attached hydrogens (tertiary/aromatic N) is 1. The van der Waals surface area contributed by atoms with Gasteiger partial charge in [0.1, 0.15) is 0 Å². The van der Waals surface area contributed by atoms with E-state index in [1.165, 1.54) is 16.8 Å². The van der Waals surface area contributed by atoms with Crippen molar-refractivity contribution in [2.75, 3.05) is 10.6 Å². The van der Waals surface area contributed by atoms with Crippen LogP contribution in [0.4, 0.5) is 11.4 Å². The Hall–Kier alpha value is -1.77. The average molecular weight is 229 g/mol. The standard InChI is InChI=1S/C12H13N3.C2H6/c1-7-3-4-9-10(13-7)5-6-11-12(9)15-8(2)14-11;1-2/h3-6,8,14-15H,1-2H3;1-2H3. The highest BCUT2D eigenvalue weighted by Gasteiger charge is 2.17. The fraction of sp³-hybridized carbons (Fsp3) is 0.357. The number of benzene rings is 1. The molecule has 0 amide bonds. The maximum Gasteiger partial charge on any atom is 0.0936 e. The second-order valence-electron chi connectivity index (χ2n) is 4.02. The summed E-state index contributed by atoms with van der Waals surface area (Å²) in [7, 11) is 0. The summed E-state index contributed by atoms with van der Waals surface area (Å²) in [5, 5.41) is 7.96. The quantitative estimate of drug-likeness (QED) is 0.722. The molecule has 2 N–H and O–H groups in total. The molecule has 90 valence electrons. The molecule has 1 aliphatic heterocycles. The first-order valence-corrected chi connectivity index (χ1v) is 6.17. The molecular weight excluding hydrogens is 210 g/mol. The third kappa shape index (κ3) is 2.05. The number of pyridine rings is 1. The van der Waals surface area contributed by atoms with Gasteiger partial charge in [-0.1, -0.05) is 13.8 Å². The maximum atomic E-state index is 4.51. The van der Waals surface area contributed by atoms with Gasteiger partial charge in [-0.2, -0.15) is 0 Å². The van der Waals surface area contributed by atoms with Crippen molar-refractivity contribution in [3.8, 4) is 0 Å². The number of aryl methyl sites for hydroxylation is 1. The molecule has 0 aliphatic carbocycles. The van der Waals surface area contributed by atoms with E-state index in [4.69, 9.17) is 0 Å². The summed E-state index contributed by atoms with van der Waals surface area (Å²) in [5.41, 5.74) is 4.45. The highest BCUT2D eigenvalue weighted by Crippen LogP contribution is 2.35. The van der Waals surface area contributed by atoms with E-state index in [1.807, 2.05) is 26.8 Å². The van der Waals surface area contributed by atoms with Crippen LogP contribution in [0.25, 0.3) is 10.9 Å². The van der Waals surface area contributed by atoms with Crippen LogP contribution in [0.5, 0.6) is 0 Å². The van der Waals surface area contributed by atoms with E-state index in [-0.39, 0.29) is 0 Å². The first-order valence-electron chi connectivity index (χ1n) is 6.17. The lowest BCUT2D eigenvalue weighted by Gasteiger charge is -2.05. The van der Waals surface area contributed by atoms with Crippen LogP contribution in [0, 0.1) is 6.92 Å². The monoisotopic (exact) mass is 229 g/mol. The normalized spacial score (nSPS) is 16.6. The van der Waals surface area contributed by atoms with E-state index >= 15 is 0 Å². The average Bonchev–Trinajstić information content (AvgIpc) is 2.72. The minimum absolute atomic E-state index is 0.298. The molecule has 1 aromatic heterocycles. The molecule has 2 aromatic rings. The Bertz CT molecular complexity index is 534. The minimum atomic E-state index is 0.298. The molecule has 17 heavy (non-hydrogen) atoms. The lowest BCUT2D eigenvalue weighted by atomic mass is 10.1. The smallest absolute Gasteiger partial charge is 0.0936 e. The highest BCUT2D eigenvalue weighted by atomic mass is 15.2. The molecule has 0 spiro atoms. The summed E-state index contributed by atoms with van der Waals surface area (Å²) in [4.78, 5) is 4.51. The molecule has 1 atom stereocenters. The number of hydrogen-bond donors (Lipinski definition) is 2. The summed E-state index contributed by atoms with van der Waals surface area (Å²) in [6.45, 7) is 8.12. The van der Waals surface area contributed by atoms with Crippen LogP contribution in [-0.2, 0) is 0 Å². The van der Waals surface area contributed by atoms with Crippen LogP contribution in [0.1, 0.15) is 26.5 Å². The van der Waals surface area contributed by atoms with E-state index in [0.29, 0.717) is 6.17 Å². The molecule has 0 radical (unpaired) electrons. The molecular formula is C14H19N3. The maximum absolute atomic E-state index is 4.51. The van der Waals surface area contributed by atoms with Crippen LogP contribution in [0.2, 0.25) is 0 Å². The molecule has 0 saturated carbocycles. The van der Waals surface area contributed by atoms with E-state index in [9.17, 15) is 0 Å². The SMILES string of the molecule is CC.Cc1ccc2c3c(ccc2n1)NC(C)N3. The van der Waals surface area contributed by atoms with Crippen molar-refractivity contribution in [2.24, 2.45) is 0 Å². The second-order valence-corrected chi connectivity index (χ2v) is 4.02. The summed E-state index contributed by atoms with van der Waals surface area (Å²) in [6, 6.07) is 8.32. The largest absolute Gasteiger partial charge is 0.364 e. The number of rotatable bonds is 0. The second kappa shape index (κ2) is 4.62. The molecule has 3 heteroatoms. The Morgan fingerprint density at radius 1 is 1.06 bits per heavy atom. The third-order valence-corrected chi connectivity index (χ3v) is 2.74. The third-order valence-electron chi connectivity index (χ3n) is 2.74. The molecule has 1 aliphatic rings. The van der Waals surface area contributed by atoms with Crippen molar-refractivity contribution in [1.29, 1.82) is 0 Å². The number of aromatic nitrogens is 1.